The third-order valence-corrected chi connectivity index (χ3v) is 7.29. The van der Waals surface area contributed by atoms with Crippen LogP contribution in [0.2, 0.25) is 10.0 Å². The monoisotopic (exact) mass is 536 g/mol. The minimum atomic E-state index is -3.94. The summed E-state index contributed by atoms with van der Waals surface area (Å²) in [6.45, 7) is 0.262. The fourth-order valence-corrected chi connectivity index (χ4v) is 4.73. The van der Waals surface area contributed by atoms with E-state index in [0.29, 0.717) is 15.6 Å². The van der Waals surface area contributed by atoms with Crippen LogP contribution in [0.5, 0.6) is 0 Å². The number of nitrogens with one attached hydrogen (secondary N) is 1. The number of sulfone groups is 1. The fourth-order valence-electron chi connectivity index (χ4n) is 2.86. The van der Waals surface area contributed by atoms with Gasteiger partial charge in [-0.15, -0.1) is 0 Å². The summed E-state index contributed by atoms with van der Waals surface area (Å²) in [5.74, 6) is 0.196. The van der Waals surface area contributed by atoms with Crippen LogP contribution < -0.4 is 5.32 Å². The Bertz CT molecular complexity index is 1320. The Hall–Kier alpha value is -2.32. The number of anilines is 1. The normalized spacial score (nSPS) is 11.5. The largest absolute Gasteiger partial charge is 0.419 e. The van der Waals surface area contributed by atoms with Crippen LogP contribution in [0, 0.1) is 0 Å². The van der Waals surface area contributed by atoms with E-state index in [0.717, 1.165) is 10.0 Å². The van der Waals surface area contributed by atoms with Crippen molar-refractivity contribution in [3.05, 3.63) is 92.9 Å². The molecule has 0 spiro atoms. The lowest BCUT2D eigenvalue weighted by molar-refractivity contribution is 0.576. The Kier molecular flexibility index (Phi) is 6.39. The molecule has 0 saturated heterocycles. The van der Waals surface area contributed by atoms with Gasteiger partial charge in [0.2, 0.25) is 26.6 Å². The van der Waals surface area contributed by atoms with Gasteiger partial charge in [0.15, 0.2) is 0 Å². The average Bonchev–Trinajstić information content (AvgIpc) is 3.19. The highest BCUT2D eigenvalue weighted by Gasteiger charge is 2.28. The van der Waals surface area contributed by atoms with E-state index in [1.165, 1.54) is 12.1 Å². The molecular formula is C22H15BrCl2N2O3S. The summed E-state index contributed by atoms with van der Waals surface area (Å²) in [7, 11) is -3.94. The lowest BCUT2D eigenvalue weighted by Crippen LogP contribution is -2.07. The number of hydrogen-bond donors (Lipinski definition) is 1. The minimum absolute atomic E-state index is 0.0350. The molecule has 0 unspecified atom stereocenters. The van der Waals surface area contributed by atoms with Crippen molar-refractivity contribution in [2.24, 2.45) is 0 Å². The van der Waals surface area contributed by atoms with E-state index < -0.39 is 9.84 Å². The zero-order valence-electron chi connectivity index (χ0n) is 15.8. The maximum atomic E-state index is 13.3. The lowest BCUT2D eigenvalue weighted by Gasteiger charge is -2.07. The molecule has 1 aromatic heterocycles. The van der Waals surface area contributed by atoms with Gasteiger partial charge >= 0.3 is 0 Å². The Morgan fingerprint density at radius 3 is 2.29 bits per heavy atom. The van der Waals surface area contributed by atoms with Crippen molar-refractivity contribution in [3.8, 4) is 11.5 Å². The molecular weight excluding hydrogens is 523 g/mol. The third kappa shape index (κ3) is 4.80. The summed E-state index contributed by atoms with van der Waals surface area (Å²) < 4.78 is 33.2. The Balaban J connectivity index is 1.77. The second kappa shape index (κ2) is 9.04. The predicted octanol–water partition coefficient (Wildman–Crippen LogP) is 6.86. The summed E-state index contributed by atoms with van der Waals surface area (Å²) >= 11 is 15.5. The zero-order chi connectivity index (χ0) is 22.0. The van der Waals surface area contributed by atoms with E-state index >= 15 is 0 Å². The van der Waals surface area contributed by atoms with E-state index in [4.69, 9.17) is 27.6 Å². The molecule has 5 nitrogen and oxygen atoms in total. The van der Waals surface area contributed by atoms with E-state index in [9.17, 15) is 8.42 Å². The highest BCUT2D eigenvalue weighted by Crippen LogP contribution is 2.33. The van der Waals surface area contributed by atoms with Gasteiger partial charge in [0.1, 0.15) is 0 Å². The van der Waals surface area contributed by atoms with Crippen molar-refractivity contribution in [2.75, 3.05) is 5.32 Å². The number of rotatable bonds is 6. The van der Waals surface area contributed by atoms with Crippen molar-refractivity contribution in [1.29, 1.82) is 0 Å². The second-order valence-electron chi connectivity index (χ2n) is 6.56. The van der Waals surface area contributed by atoms with Gasteiger partial charge in [-0.1, -0.05) is 57.3 Å². The van der Waals surface area contributed by atoms with Gasteiger partial charge in [0.05, 0.1) is 4.90 Å². The molecule has 4 rings (SSSR count). The molecule has 0 aliphatic carbocycles. The second-order valence-corrected chi connectivity index (χ2v) is 10.2. The number of hydrogen-bond acceptors (Lipinski definition) is 5. The number of nitrogens with zero attached hydrogens (tertiary/aromatic N) is 1. The molecule has 0 amide bonds. The molecule has 0 aliphatic heterocycles. The SMILES string of the molecule is O=S(=O)(c1ccc(Br)cc1)c1nc(-c2ccc(Cl)cc2)oc1NCc1ccccc1Cl. The first-order valence-corrected chi connectivity index (χ1v) is 12.1. The highest BCUT2D eigenvalue weighted by molar-refractivity contribution is 9.10. The van der Waals surface area contributed by atoms with E-state index in [2.05, 4.69) is 26.2 Å². The molecule has 0 bridgehead atoms. The van der Waals surface area contributed by atoms with Crippen LogP contribution in [0.4, 0.5) is 5.88 Å². The highest BCUT2D eigenvalue weighted by atomic mass is 79.9. The molecule has 1 heterocycles. The zero-order valence-corrected chi connectivity index (χ0v) is 19.8. The summed E-state index contributed by atoms with van der Waals surface area (Å²) in [6, 6.07) is 20.4. The molecule has 158 valence electrons. The van der Waals surface area contributed by atoms with Crippen molar-refractivity contribution < 1.29 is 12.8 Å². The first-order valence-electron chi connectivity index (χ1n) is 9.09. The maximum Gasteiger partial charge on any atom is 0.234 e. The number of oxazole rings is 1. The van der Waals surface area contributed by atoms with Gasteiger partial charge < -0.3 is 9.73 Å². The van der Waals surface area contributed by atoms with Crippen LogP contribution in [0.15, 0.2) is 91.6 Å². The van der Waals surface area contributed by atoms with Crippen LogP contribution in [-0.2, 0) is 16.4 Å². The minimum Gasteiger partial charge on any atom is -0.419 e. The molecule has 0 saturated carbocycles. The van der Waals surface area contributed by atoms with Crippen molar-refractivity contribution in [1.82, 2.24) is 4.98 Å². The Labute approximate surface area is 198 Å². The number of aromatic nitrogens is 1. The van der Waals surface area contributed by atoms with Gasteiger partial charge in [-0.3, -0.25) is 0 Å². The van der Waals surface area contributed by atoms with E-state index in [1.54, 1.807) is 42.5 Å². The first kappa shape index (κ1) is 21.9. The standard InChI is InChI=1S/C22H15BrCl2N2O3S/c23-16-7-11-18(12-8-16)31(28,29)22-21(26-13-15-3-1-2-4-19(15)25)30-20(27-22)14-5-9-17(24)10-6-14/h1-12,26H,13H2. The molecule has 1 N–H and O–H groups in total. The van der Waals surface area contributed by atoms with Crippen LogP contribution in [0.3, 0.4) is 0 Å². The smallest absolute Gasteiger partial charge is 0.234 e. The molecule has 0 fully saturated rings. The molecule has 9 heteroatoms. The molecule has 3 aromatic carbocycles. The molecule has 31 heavy (non-hydrogen) atoms. The topological polar surface area (TPSA) is 72.2 Å². The van der Waals surface area contributed by atoms with Crippen LogP contribution in [0.25, 0.3) is 11.5 Å². The van der Waals surface area contributed by atoms with Gasteiger partial charge in [0, 0.05) is 26.6 Å². The molecule has 0 radical (unpaired) electrons. The summed E-state index contributed by atoms with van der Waals surface area (Å²) in [4.78, 5) is 4.41. The van der Waals surface area contributed by atoms with Crippen molar-refractivity contribution in [2.45, 2.75) is 16.5 Å². The fraction of sp³-hybridized carbons (Fsp3) is 0.0455. The maximum absolute atomic E-state index is 13.3. The lowest BCUT2D eigenvalue weighted by atomic mass is 10.2. The van der Waals surface area contributed by atoms with Gasteiger partial charge in [-0.25, -0.2) is 8.42 Å². The third-order valence-electron chi connectivity index (χ3n) is 4.46. The summed E-state index contributed by atoms with van der Waals surface area (Å²) in [5.41, 5.74) is 1.39. The predicted molar refractivity (Wildman–Crippen MR) is 125 cm³/mol. The number of benzene rings is 3. The van der Waals surface area contributed by atoms with Crippen LogP contribution >= 0.6 is 39.1 Å². The van der Waals surface area contributed by atoms with Gasteiger partial charge in [-0.2, -0.15) is 4.98 Å². The van der Waals surface area contributed by atoms with E-state index in [1.807, 2.05) is 18.2 Å². The van der Waals surface area contributed by atoms with Gasteiger partial charge in [0.25, 0.3) is 0 Å². The quantitative estimate of drug-likeness (QED) is 0.291. The van der Waals surface area contributed by atoms with Crippen molar-refractivity contribution in [3.63, 3.8) is 0 Å². The Morgan fingerprint density at radius 2 is 1.61 bits per heavy atom. The number of halogens is 3. The molecule has 0 atom stereocenters. The summed E-state index contributed by atoms with van der Waals surface area (Å²) in [6.07, 6.45) is 0. The van der Waals surface area contributed by atoms with Crippen molar-refractivity contribution >= 4 is 54.9 Å². The van der Waals surface area contributed by atoms with Crippen LogP contribution in [0.1, 0.15) is 5.56 Å². The van der Waals surface area contributed by atoms with Gasteiger partial charge in [-0.05, 0) is 60.2 Å². The first-order chi connectivity index (χ1) is 14.8. The summed E-state index contributed by atoms with van der Waals surface area (Å²) in [5, 5.41) is 3.94. The molecule has 0 aliphatic rings. The molecule has 4 aromatic rings. The van der Waals surface area contributed by atoms with Crippen LogP contribution in [-0.4, -0.2) is 13.4 Å². The Morgan fingerprint density at radius 1 is 0.935 bits per heavy atom. The van der Waals surface area contributed by atoms with E-state index in [-0.39, 0.29) is 28.2 Å². The average molecular weight is 538 g/mol.